The molecular formula is C53H52N6O8. The second-order valence-electron chi connectivity index (χ2n) is 16.5. The number of anilines is 2. The molecule has 5 N–H and O–H groups in total. The van der Waals surface area contributed by atoms with Gasteiger partial charge in [0.1, 0.15) is 58.0 Å². The summed E-state index contributed by atoms with van der Waals surface area (Å²) in [7, 11) is 6.51. The first kappa shape index (κ1) is 44.7. The molecule has 2 aromatic heterocycles. The van der Waals surface area contributed by atoms with Gasteiger partial charge in [0.15, 0.2) is 11.5 Å². The van der Waals surface area contributed by atoms with E-state index in [1.165, 1.54) is 6.92 Å². The molecule has 14 nitrogen and oxygen atoms in total. The lowest BCUT2D eigenvalue weighted by atomic mass is 9.77. The number of nitrogens with one attached hydrogen (secondary N) is 2. The average Bonchev–Trinajstić information content (AvgIpc) is 3.91. The zero-order valence-electron chi connectivity index (χ0n) is 37.7. The van der Waals surface area contributed by atoms with Gasteiger partial charge in [-0.25, -0.2) is 9.50 Å². The standard InChI is InChI=1S/C53H52N6O8/c1-51(62)46(61)45(33-60)67-47(51)44-32-54-49-48(56-52(34-12-8-6-9-13-34,36-16-24-40(63-2)25-17-36)37-18-26-41(64-3)27-19-37)55-50(58-59(44)49)57-53(35-14-10-7-11-15-35,38-20-28-42(65-4)29-21-38)39-22-30-43(66-5)31-23-39/h6-32,45-47,60-62H,33H2,1-5H3,(H2,55,56,57,58)/t45-,46-,47+,51-/m1/s1. The molecule has 0 aliphatic carbocycles. The van der Waals surface area contributed by atoms with E-state index in [1.807, 2.05) is 158 Å². The zero-order chi connectivity index (χ0) is 46.8. The Morgan fingerprint density at radius 3 is 1.36 bits per heavy atom. The Balaban J connectivity index is 1.34. The van der Waals surface area contributed by atoms with Crippen LogP contribution in [0.4, 0.5) is 11.8 Å². The number of rotatable bonds is 16. The van der Waals surface area contributed by atoms with E-state index in [0.717, 1.165) is 33.4 Å². The SMILES string of the molecule is COc1ccc(C(Nc2nc(NC(c3ccccc3)(c3ccc(OC)cc3)c3ccc(OC)cc3)c3ncc([C@@H]4O[C@H](CO)[C@@H](O)[C@@]4(C)O)n3n2)(c2ccccc2)c2ccc(OC)cc2)cc1. The number of methoxy groups -OCH3 is 4. The largest absolute Gasteiger partial charge is 0.497 e. The van der Waals surface area contributed by atoms with Gasteiger partial charge < -0.3 is 49.6 Å². The quantitative estimate of drug-likeness (QED) is 0.0604. The molecule has 0 unspecified atom stereocenters. The van der Waals surface area contributed by atoms with Crippen molar-refractivity contribution in [2.75, 3.05) is 45.7 Å². The minimum absolute atomic E-state index is 0.146. The Hall–Kier alpha value is -7.49. The molecule has 3 heterocycles. The fraction of sp³-hybridized carbons (Fsp3) is 0.226. The highest BCUT2D eigenvalue weighted by atomic mass is 16.6. The first-order chi connectivity index (χ1) is 32.6. The first-order valence-corrected chi connectivity index (χ1v) is 21.8. The number of aliphatic hydroxyl groups excluding tert-OH is 2. The summed E-state index contributed by atoms with van der Waals surface area (Å²) >= 11 is 0. The summed E-state index contributed by atoms with van der Waals surface area (Å²) in [5.74, 6) is 3.14. The molecule has 14 heteroatoms. The van der Waals surface area contributed by atoms with Crippen molar-refractivity contribution >= 4 is 17.4 Å². The Morgan fingerprint density at radius 2 is 0.985 bits per heavy atom. The van der Waals surface area contributed by atoms with Gasteiger partial charge in [0.2, 0.25) is 5.95 Å². The number of hydrogen-bond acceptors (Lipinski definition) is 13. The maximum atomic E-state index is 11.9. The van der Waals surface area contributed by atoms with Crippen molar-refractivity contribution in [1.82, 2.24) is 19.6 Å². The molecular weight excluding hydrogens is 849 g/mol. The van der Waals surface area contributed by atoms with Crippen molar-refractivity contribution in [3.8, 4) is 23.0 Å². The van der Waals surface area contributed by atoms with Crippen LogP contribution < -0.4 is 29.6 Å². The molecule has 0 spiro atoms. The lowest BCUT2D eigenvalue weighted by Gasteiger charge is -2.38. The summed E-state index contributed by atoms with van der Waals surface area (Å²) in [5, 5.41) is 46.2. The van der Waals surface area contributed by atoms with Crippen LogP contribution in [0, 0.1) is 0 Å². The molecule has 0 saturated carbocycles. The van der Waals surface area contributed by atoms with Gasteiger partial charge in [-0.3, -0.25) is 0 Å². The van der Waals surface area contributed by atoms with E-state index in [-0.39, 0.29) is 11.6 Å². The van der Waals surface area contributed by atoms with Gasteiger partial charge in [-0.1, -0.05) is 109 Å². The zero-order valence-corrected chi connectivity index (χ0v) is 37.7. The molecule has 8 aromatic rings. The number of aliphatic hydroxyl groups is 3. The van der Waals surface area contributed by atoms with E-state index in [4.69, 9.17) is 38.8 Å². The lowest BCUT2D eigenvalue weighted by Crippen LogP contribution is -2.43. The van der Waals surface area contributed by atoms with Crippen molar-refractivity contribution in [2.24, 2.45) is 0 Å². The number of nitrogens with zero attached hydrogens (tertiary/aromatic N) is 4. The predicted octanol–water partition coefficient (Wildman–Crippen LogP) is 7.51. The maximum Gasteiger partial charge on any atom is 0.244 e. The summed E-state index contributed by atoms with van der Waals surface area (Å²) in [6.45, 7) is 0.949. The van der Waals surface area contributed by atoms with Crippen LogP contribution in [-0.4, -0.2) is 87.8 Å². The number of hydrogen-bond donors (Lipinski definition) is 5. The summed E-state index contributed by atoms with van der Waals surface area (Å²) in [4.78, 5) is 10.3. The average molecular weight is 901 g/mol. The van der Waals surface area contributed by atoms with Crippen LogP contribution in [0.3, 0.4) is 0 Å². The van der Waals surface area contributed by atoms with Crippen molar-refractivity contribution in [1.29, 1.82) is 0 Å². The summed E-state index contributed by atoms with van der Waals surface area (Å²) in [5.41, 5.74) is 1.49. The second kappa shape index (κ2) is 18.4. The number of aromatic nitrogens is 4. The molecule has 6 aromatic carbocycles. The predicted molar refractivity (Wildman–Crippen MR) is 254 cm³/mol. The molecule has 67 heavy (non-hydrogen) atoms. The molecule has 1 fully saturated rings. The van der Waals surface area contributed by atoms with Gasteiger partial charge in [-0.05, 0) is 88.8 Å². The summed E-state index contributed by atoms with van der Waals surface area (Å²) in [6, 6.07) is 51.3. The van der Waals surface area contributed by atoms with Gasteiger partial charge in [0, 0.05) is 0 Å². The number of fused-ring (bicyclic) bond motifs is 1. The molecule has 9 rings (SSSR count). The van der Waals surface area contributed by atoms with Gasteiger partial charge in [0.05, 0.1) is 46.9 Å². The van der Waals surface area contributed by atoms with Crippen LogP contribution in [0.2, 0.25) is 0 Å². The van der Waals surface area contributed by atoms with E-state index < -0.39 is 41.6 Å². The molecule has 342 valence electrons. The third kappa shape index (κ3) is 7.93. The van der Waals surface area contributed by atoms with Crippen molar-refractivity contribution < 1.29 is 39.0 Å². The summed E-state index contributed by atoms with van der Waals surface area (Å²) < 4.78 is 30.3. The Kier molecular flexibility index (Phi) is 12.3. The molecule has 1 saturated heterocycles. The smallest absolute Gasteiger partial charge is 0.244 e. The number of imidazole rings is 1. The van der Waals surface area contributed by atoms with Gasteiger partial charge in [0.25, 0.3) is 0 Å². The van der Waals surface area contributed by atoms with Gasteiger partial charge >= 0.3 is 0 Å². The van der Waals surface area contributed by atoms with Crippen LogP contribution in [-0.2, 0) is 15.8 Å². The number of benzene rings is 6. The second-order valence-corrected chi connectivity index (χ2v) is 16.5. The normalized spacial score (nSPS) is 18.4. The molecule has 1 aliphatic heterocycles. The third-order valence-corrected chi connectivity index (χ3v) is 12.7. The Labute approximate surface area is 388 Å². The molecule has 0 radical (unpaired) electrons. The first-order valence-electron chi connectivity index (χ1n) is 21.8. The maximum absolute atomic E-state index is 11.9. The number of ether oxygens (including phenoxy) is 5. The highest BCUT2D eigenvalue weighted by Crippen LogP contribution is 2.46. The van der Waals surface area contributed by atoms with Crippen LogP contribution in [0.1, 0.15) is 52.1 Å². The van der Waals surface area contributed by atoms with Crippen LogP contribution in [0.5, 0.6) is 23.0 Å². The van der Waals surface area contributed by atoms with Crippen molar-refractivity contribution in [3.63, 3.8) is 0 Å². The van der Waals surface area contributed by atoms with Gasteiger partial charge in [-0.15, -0.1) is 5.10 Å². The van der Waals surface area contributed by atoms with Gasteiger partial charge in [-0.2, -0.15) is 4.98 Å². The van der Waals surface area contributed by atoms with Crippen LogP contribution in [0.25, 0.3) is 5.65 Å². The monoisotopic (exact) mass is 900 g/mol. The molecule has 0 bridgehead atoms. The fourth-order valence-electron chi connectivity index (χ4n) is 9.16. The molecule has 1 aliphatic rings. The van der Waals surface area contributed by atoms with E-state index in [2.05, 4.69) is 10.6 Å². The van der Waals surface area contributed by atoms with E-state index >= 15 is 0 Å². The fourth-order valence-corrected chi connectivity index (χ4v) is 9.16. The molecule has 4 atom stereocenters. The van der Waals surface area contributed by atoms with Crippen LogP contribution in [0.15, 0.2) is 164 Å². The summed E-state index contributed by atoms with van der Waals surface area (Å²) in [6.07, 6.45) is -2.12. The van der Waals surface area contributed by atoms with E-state index in [9.17, 15) is 15.3 Å². The van der Waals surface area contributed by atoms with E-state index in [1.54, 1.807) is 39.2 Å². The lowest BCUT2D eigenvalue weighted by molar-refractivity contribution is -0.0664. The minimum atomic E-state index is -1.85. The molecule has 0 amide bonds. The van der Waals surface area contributed by atoms with Crippen LogP contribution >= 0.6 is 0 Å². The third-order valence-electron chi connectivity index (χ3n) is 12.7. The van der Waals surface area contributed by atoms with Crippen molar-refractivity contribution in [3.05, 3.63) is 203 Å². The Bertz CT molecular complexity index is 2820. The Morgan fingerprint density at radius 1 is 0.597 bits per heavy atom. The van der Waals surface area contributed by atoms with E-state index in [0.29, 0.717) is 34.5 Å². The highest BCUT2D eigenvalue weighted by Gasteiger charge is 2.54. The topological polar surface area (TPSA) is 174 Å². The highest BCUT2D eigenvalue weighted by molar-refractivity contribution is 5.71. The van der Waals surface area contributed by atoms with Crippen molar-refractivity contribution in [2.45, 2.75) is 41.9 Å². The minimum Gasteiger partial charge on any atom is -0.497 e.